The molecule has 0 amide bonds. The molecule has 0 unspecified atom stereocenters. The van der Waals surface area contributed by atoms with E-state index in [1.54, 1.807) is 10.6 Å². The van der Waals surface area contributed by atoms with E-state index in [1.807, 2.05) is 0 Å². The Morgan fingerprint density at radius 1 is 1.39 bits per heavy atom. The Labute approximate surface area is 175 Å². The molecule has 9 heteroatoms. The maximum Gasteiger partial charge on any atom is 0.303 e. The van der Waals surface area contributed by atoms with Crippen LogP contribution in [-0.2, 0) is 24.2 Å². The van der Waals surface area contributed by atoms with Crippen molar-refractivity contribution in [3.05, 3.63) is 36.6 Å². The minimum absolute atomic E-state index is 0.0274. The Balaban J connectivity index is 1.60. The summed E-state index contributed by atoms with van der Waals surface area (Å²) in [5.41, 5.74) is 3.69. The third kappa shape index (κ3) is 3.66. The number of allylic oxidation sites excluding steroid dienone is 1. The van der Waals surface area contributed by atoms with Crippen LogP contribution in [0.3, 0.4) is 0 Å². The van der Waals surface area contributed by atoms with E-state index in [0.717, 1.165) is 40.5 Å². The first-order chi connectivity index (χ1) is 13.4. The van der Waals surface area contributed by atoms with Crippen LogP contribution in [0, 0.1) is 9.36 Å². The van der Waals surface area contributed by atoms with Gasteiger partial charge < -0.3 is 10.2 Å². The summed E-state index contributed by atoms with van der Waals surface area (Å²) in [6.45, 7) is 0.357. The van der Waals surface area contributed by atoms with Crippen LogP contribution in [-0.4, -0.2) is 31.4 Å². The van der Waals surface area contributed by atoms with E-state index in [1.165, 1.54) is 35.1 Å². The number of hydrogen-bond acceptors (Lipinski definition) is 7. The molecule has 1 aliphatic carbocycles. The largest absolute Gasteiger partial charge is 0.493 e. The number of aromatic hydroxyl groups is 1. The average Bonchev–Trinajstić information content (AvgIpc) is 3.10. The van der Waals surface area contributed by atoms with Gasteiger partial charge in [0, 0.05) is 29.1 Å². The van der Waals surface area contributed by atoms with Crippen molar-refractivity contribution in [3.8, 4) is 5.88 Å². The molecule has 0 atom stereocenters. The standard InChI is InChI=1S/C19H19N3O3S3/c20-16-11-8-10-4-1-2-5-12(10)21-17(11)27-13(16)9-14-18(25)22(19(26)28-14)7-3-6-15(23)24/h8-9,20,25H,1-7H2,(H,23,24). The van der Waals surface area contributed by atoms with Crippen LogP contribution in [0.1, 0.15) is 47.4 Å². The lowest BCUT2D eigenvalue weighted by atomic mass is 9.94. The monoisotopic (exact) mass is 433 g/mol. The molecule has 28 heavy (non-hydrogen) atoms. The summed E-state index contributed by atoms with van der Waals surface area (Å²) in [5, 5.41) is 28.7. The molecule has 146 valence electrons. The third-order valence-corrected chi connectivity index (χ3v) is 7.35. The second-order valence-corrected chi connectivity index (χ2v) is 9.55. The number of thiazole rings is 1. The lowest BCUT2D eigenvalue weighted by Crippen LogP contribution is -2.07. The van der Waals surface area contributed by atoms with Crippen LogP contribution in [0.25, 0.3) is 6.08 Å². The molecule has 0 spiro atoms. The molecule has 3 heterocycles. The first kappa shape index (κ1) is 19.4. The first-order valence-corrected chi connectivity index (χ1v) is 11.1. The van der Waals surface area contributed by atoms with Crippen LogP contribution in [0.2, 0.25) is 0 Å². The van der Waals surface area contributed by atoms with Crippen molar-refractivity contribution in [2.24, 2.45) is 0 Å². The number of hydrogen-bond donors (Lipinski definition) is 3. The number of thioether (sulfide) groups is 1. The zero-order valence-electron chi connectivity index (χ0n) is 15.0. The van der Waals surface area contributed by atoms with Gasteiger partial charge in [0.2, 0.25) is 5.88 Å². The number of rotatable bonds is 5. The van der Waals surface area contributed by atoms with Crippen molar-refractivity contribution in [2.75, 3.05) is 0 Å². The van der Waals surface area contributed by atoms with Gasteiger partial charge in [-0.25, -0.2) is 4.98 Å². The van der Waals surface area contributed by atoms with Gasteiger partial charge in [-0.3, -0.25) is 14.8 Å². The molecule has 0 fully saturated rings. The number of nitrogens with one attached hydrogen (secondary N) is 1. The first-order valence-electron chi connectivity index (χ1n) is 9.10. The van der Waals surface area contributed by atoms with Crippen molar-refractivity contribution < 1.29 is 15.0 Å². The van der Waals surface area contributed by atoms with Gasteiger partial charge in [-0.05, 0) is 62.0 Å². The van der Waals surface area contributed by atoms with E-state index in [-0.39, 0.29) is 12.3 Å². The number of aryl methyl sites for hydroxylation is 2. The fourth-order valence-corrected chi connectivity index (χ4v) is 5.87. The molecule has 1 aliphatic heterocycles. The topological polar surface area (TPSA) is 99.2 Å². The number of aromatic nitrogens is 2. The van der Waals surface area contributed by atoms with Crippen LogP contribution in [0.15, 0.2) is 16.0 Å². The van der Waals surface area contributed by atoms with E-state index in [4.69, 9.17) is 27.7 Å². The molecule has 0 saturated heterocycles. The summed E-state index contributed by atoms with van der Waals surface area (Å²) in [6.07, 6.45) is 6.57. The van der Waals surface area contributed by atoms with Gasteiger partial charge >= 0.3 is 5.97 Å². The van der Waals surface area contributed by atoms with Crippen molar-refractivity contribution in [2.45, 2.75) is 50.1 Å². The highest BCUT2D eigenvalue weighted by Crippen LogP contribution is 2.42. The predicted octanol–water partition coefficient (Wildman–Crippen LogP) is 4.64. The Hall–Kier alpha value is -1.97. The highest BCUT2D eigenvalue weighted by atomic mass is 32.2. The van der Waals surface area contributed by atoms with Crippen molar-refractivity contribution in [1.82, 2.24) is 9.55 Å². The molecule has 2 aromatic heterocycles. The Morgan fingerprint density at radius 2 is 2.18 bits per heavy atom. The minimum Gasteiger partial charge on any atom is -0.493 e. The normalized spacial score (nSPS) is 17.0. The summed E-state index contributed by atoms with van der Waals surface area (Å²) in [5.74, 6) is -0.836. The highest BCUT2D eigenvalue weighted by molar-refractivity contribution is 8.04. The number of nitrogens with zero attached hydrogens (tertiary/aromatic N) is 2. The number of carboxylic acid groups (broad SMARTS) is 1. The number of aliphatic carboxylic acids is 1. The second-order valence-electron chi connectivity index (χ2n) is 6.84. The van der Waals surface area contributed by atoms with E-state index in [2.05, 4.69) is 6.07 Å². The van der Waals surface area contributed by atoms with E-state index in [0.29, 0.717) is 27.5 Å². The van der Waals surface area contributed by atoms with E-state index in [9.17, 15) is 9.90 Å². The molecule has 0 saturated carbocycles. The molecule has 0 bridgehead atoms. The molecule has 6 nitrogen and oxygen atoms in total. The van der Waals surface area contributed by atoms with Crippen LogP contribution in [0.5, 0.6) is 5.88 Å². The quantitative estimate of drug-likeness (QED) is 0.594. The summed E-state index contributed by atoms with van der Waals surface area (Å²) < 4.78 is 2.05. The molecule has 2 aromatic rings. The van der Waals surface area contributed by atoms with E-state index >= 15 is 0 Å². The molecular formula is C19H19N3O3S3. The third-order valence-electron chi connectivity index (χ3n) is 4.92. The second kappa shape index (κ2) is 7.81. The maximum absolute atomic E-state index is 10.7. The van der Waals surface area contributed by atoms with Gasteiger partial charge in [0.05, 0.1) is 10.6 Å². The predicted molar refractivity (Wildman–Crippen MR) is 113 cm³/mol. The lowest BCUT2D eigenvalue weighted by molar-refractivity contribution is -0.137. The Kier molecular flexibility index (Phi) is 5.39. The van der Waals surface area contributed by atoms with Gasteiger partial charge in [0.1, 0.15) is 5.03 Å². The summed E-state index contributed by atoms with van der Waals surface area (Å²) in [7, 11) is 0. The fraction of sp³-hybridized carbons (Fsp3) is 0.368. The van der Waals surface area contributed by atoms with Crippen molar-refractivity contribution >= 4 is 53.1 Å². The molecule has 0 aromatic carbocycles. The van der Waals surface area contributed by atoms with Gasteiger partial charge in [-0.15, -0.1) is 11.3 Å². The summed E-state index contributed by atoms with van der Waals surface area (Å²) >= 11 is 8.05. The van der Waals surface area contributed by atoms with Gasteiger partial charge in [-0.1, -0.05) is 11.8 Å². The number of fused-ring (bicyclic) bond motifs is 2. The van der Waals surface area contributed by atoms with Crippen molar-refractivity contribution in [1.29, 1.82) is 5.41 Å². The maximum atomic E-state index is 10.7. The number of carboxylic acids is 1. The molecule has 2 aliphatic rings. The minimum atomic E-state index is -0.868. The fourth-order valence-electron chi connectivity index (χ4n) is 3.47. The van der Waals surface area contributed by atoms with Crippen molar-refractivity contribution in [3.63, 3.8) is 0 Å². The zero-order valence-corrected chi connectivity index (χ0v) is 17.5. The van der Waals surface area contributed by atoms with Gasteiger partial charge in [0.15, 0.2) is 3.95 Å². The SMILES string of the molecule is N=C1C(=Cc2sc(=S)n(CCCC(=O)O)c2O)Sc2nc3c(cc21)CCCC3. The zero-order chi connectivity index (χ0) is 19.8. The highest BCUT2D eigenvalue weighted by Gasteiger charge is 2.27. The molecule has 0 radical (unpaired) electrons. The van der Waals surface area contributed by atoms with Crippen LogP contribution in [0.4, 0.5) is 0 Å². The summed E-state index contributed by atoms with van der Waals surface area (Å²) in [6, 6.07) is 2.10. The van der Waals surface area contributed by atoms with Crippen LogP contribution < -0.4 is 0 Å². The molecule has 4 rings (SSSR count). The Morgan fingerprint density at radius 3 is 2.96 bits per heavy atom. The smallest absolute Gasteiger partial charge is 0.303 e. The van der Waals surface area contributed by atoms with Gasteiger partial charge in [-0.2, -0.15) is 0 Å². The molecule has 3 N–H and O–H groups in total. The van der Waals surface area contributed by atoms with Gasteiger partial charge in [0.25, 0.3) is 0 Å². The Bertz CT molecular complexity index is 1070. The number of pyridine rings is 1. The van der Waals surface area contributed by atoms with E-state index < -0.39 is 5.97 Å². The number of carbonyl (C=O) groups is 1. The van der Waals surface area contributed by atoms with Crippen LogP contribution >= 0.6 is 35.3 Å². The lowest BCUT2D eigenvalue weighted by Gasteiger charge is -2.15. The summed E-state index contributed by atoms with van der Waals surface area (Å²) in [4.78, 5) is 16.8. The molecular weight excluding hydrogens is 414 g/mol. The average molecular weight is 434 g/mol.